The molecule has 0 aliphatic carbocycles. The minimum absolute atomic E-state index is 0.303. The van der Waals surface area contributed by atoms with Gasteiger partial charge in [-0.2, -0.15) is 11.8 Å². The van der Waals surface area contributed by atoms with Gasteiger partial charge in [-0.1, -0.05) is 6.07 Å². The van der Waals surface area contributed by atoms with E-state index in [0.717, 1.165) is 17.9 Å². The third kappa shape index (κ3) is 3.24. The van der Waals surface area contributed by atoms with Gasteiger partial charge in [-0.3, -0.25) is 9.69 Å². The zero-order valence-corrected chi connectivity index (χ0v) is 12.0. The molecule has 0 bridgehead atoms. The van der Waals surface area contributed by atoms with E-state index in [2.05, 4.69) is 15.9 Å². The lowest BCUT2D eigenvalue weighted by atomic mass is 10.1. The van der Waals surface area contributed by atoms with Crippen LogP contribution in [0.1, 0.15) is 5.56 Å². The van der Waals surface area contributed by atoms with Gasteiger partial charge in [-0.15, -0.1) is 0 Å². The lowest BCUT2D eigenvalue weighted by Gasteiger charge is -2.32. The predicted octanol–water partition coefficient (Wildman–Crippen LogP) is 2.59. The number of carbonyl (C=O) groups is 1. The van der Waals surface area contributed by atoms with Gasteiger partial charge in [0.15, 0.2) is 0 Å². The van der Waals surface area contributed by atoms with Gasteiger partial charge >= 0.3 is 5.97 Å². The summed E-state index contributed by atoms with van der Waals surface area (Å²) >= 11 is 4.80. The second kappa shape index (κ2) is 6.04. The quantitative estimate of drug-likeness (QED) is 0.923. The van der Waals surface area contributed by atoms with Crippen molar-refractivity contribution in [2.45, 2.75) is 12.6 Å². The van der Waals surface area contributed by atoms with Gasteiger partial charge in [0, 0.05) is 24.6 Å². The van der Waals surface area contributed by atoms with E-state index in [1.165, 1.54) is 6.07 Å². The number of nitrogens with zero attached hydrogens (tertiary/aromatic N) is 1. The van der Waals surface area contributed by atoms with Gasteiger partial charge in [0.1, 0.15) is 11.9 Å². The monoisotopic (exact) mass is 333 g/mol. The molecule has 1 fully saturated rings. The highest BCUT2D eigenvalue weighted by molar-refractivity contribution is 9.10. The molecule has 98 valence electrons. The molecule has 1 aromatic rings. The van der Waals surface area contributed by atoms with Gasteiger partial charge in [0.2, 0.25) is 0 Å². The van der Waals surface area contributed by atoms with E-state index in [4.69, 9.17) is 5.11 Å². The first-order valence-electron chi connectivity index (χ1n) is 5.56. The second-order valence-electron chi connectivity index (χ2n) is 4.15. The third-order valence-corrected chi connectivity index (χ3v) is 4.52. The summed E-state index contributed by atoms with van der Waals surface area (Å²) in [5, 5.41) is 9.16. The molecule has 1 aliphatic heterocycles. The van der Waals surface area contributed by atoms with Crippen LogP contribution >= 0.6 is 27.7 Å². The number of aliphatic carboxylic acids is 1. The molecular formula is C12H13BrFNO2S. The number of rotatable bonds is 3. The van der Waals surface area contributed by atoms with Crippen molar-refractivity contribution in [1.82, 2.24) is 4.90 Å². The van der Waals surface area contributed by atoms with Crippen LogP contribution in [0, 0.1) is 5.82 Å². The van der Waals surface area contributed by atoms with Crippen LogP contribution in [0.2, 0.25) is 0 Å². The Hall–Kier alpha value is -0.590. The van der Waals surface area contributed by atoms with Crippen molar-refractivity contribution in [3.8, 4) is 0 Å². The van der Waals surface area contributed by atoms with Crippen LogP contribution in [-0.4, -0.2) is 40.1 Å². The van der Waals surface area contributed by atoms with Crippen molar-refractivity contribution in [2.24, 2.45) is 0 Å². The molecule has 0 saturated carbocycles. The number of thioether (sulfide) groups is 1. The number of carboxylic acid groups (broad SMARTS) is 1. The van der Waals surface area contributed by atoms with Gasteiger partial charge in [-0.05, 0) is 33.6 Å². The van der Waals surface area contributed by atoms with Crippen molar-refractivity contribution in [3.63, 3.8) is 0 Å². The molecule has 1 unspecified atom stereocenters. The van der Waals surface area contributed by atoms with Crippen LogP contribution in [-0.2, 0) is 11.3 Å². The van der Waals surface area contributed by atoms with E-state index >= 15 is 0 Å². The number of halogens is 2. The van der Waals surface area contributed by atoms with Gasteiger partial charge in [0.25, 0.3) is 0 Å². The topological polar surface area (TPSA) is 40.5 Å². The first kappa shape index (κ1) is 13.8. The summed E-state index contributed by atoms with van der Waals surface area (Å²) < 4.78 is 13.5. The summed E-state index contributed by atoms with van der Waals surface area (Å²) in [6.07, 6.45) is 0. The maximum atomic E-state index is 13.1. The van der Waals surface area contributed by atoms with E-state index < -0.39 is 12.0 Å². The van der Waals surface area contributed by atoms with Crippen LogP contribution in [0.25, 0.3) is 0 Å². The van der Waals surface area contributed by atoms with Gasteiger partial charge in [-0.25, -0.2) is 4.39 Å². The average Bonchev–Trinajstić information content (AvgIpc) is 2.34. The molecule has 1 aliphatic rings. The lowest BCUT2D eigenvalue weighted by Crippen LogP contribution is -2.46. The molecule has 0 amide bonds. The highest BCUT2D eigenvalue weighted by atomic mass is 79.9. The third-order valence-electron chi connectivity index (χ3n) is 2.89. The van der Waals surface area contributed by atoms with E-state index in [-0.39, 0.29) is 5.82 Å². The number of carboxylic acids is 1. The molecule has 1 N–H and O–H groups in total. The molecule has 1 heterocycles. The maximum Gasteiger partial charge on any atom is 0.321 e. The number of benzene rings is 1. The molecule has 1 aromatic carbocycles. The average molecular weight is 334 g/mol. The molecular weight excluding hydrogens is 321 g/mol. The SMILES string of the molecule is O=C(O)C1CSCCN1Cc1ccc(F)c(Br)c1. The number of hydrogen-bond acceptors (Lipinski definition) is 3. The van der Waals surface area contributed by atoms with Crippen molar-refractivity contribution >= 4 is 33.7 Å². The van der Waals surface area contributed by atoms with Crippen molar-refractivity contribution in [2.75, 3.05) is 18.1 Å². The van der Waals surface area contributed by atoms with Crippen LogP contribution in [0.5, 0.6) is 0 Å². The minimum atomic E-state index is -0.789. The Balaban J connectivity index is 2.10. The Morgan fingerprint density at radius 3 is 3.06 bits per heavy atom. The number of hydrogen-bond donors (Lipinski definition) is 1. The summed E-state index contributed by atoms with van der Waals surface area (Å²) in [7, 11) is 0. The normalized spacial score (nSPS) is 20.9. The molecule has 2 rings (SSSR count). The predicted molar refractivity (Wildman–Crippen MR) is 73.3 cm³/mol. The molecule has 1 saturated heterocycles. The molecule has 6 heteroatoms. The van der Waals surface area contributed by atoms with Crippen molar-refractivity contribution in [1.29, 1.82) is 0 Å². The summed E-state index contributed by atoms with van der Waals surface area (Å²) in [5.74, 6) is 0.454. The fourth-order valence-electron chi connectivity index (χ4n) is 1.93. The molecule has 0 radical (unpaired) electrons. The Morgan fingerprint density at radius 1 is 1.61 bits per heavy atom. The minimum Gasteiger partial charge on any atom is -0.480 e. The van der Waals surface area contributed by atoms with Crippen molar-refractivity contribution in [3.05, 3.63) is 34.1 Å². The molecule has 0 spiro atoms. The lowest BCUT2D eigenvalue weighted by molar-refractivity contribution is -0.142. The summed E-state index contributed by atoms with van der Waals surface area (Å²) in [6.45, 7) is 1.28. The Morgan fingerprint density at radius 2 is 2.39 bits per heavy atom. The summed E-state index contributed by atoms with van der Waals surface area (Å²) in [6, 6.07) is 4.34. The van der Waals surface area contributed by atoms with E-state index in [9.17, 15) is 9.18 Å². The standard InChI is InChI=1S/C12H13BrFNO2S/c13-9-5-8(1-2-10(9)14)6-15-3-4-18-7-11(15)12(16)17/h1-2,5,11H,3-4,6-7H2,(H,16,17). The maximum absolute atomic E-state index is 13.1. The first-order chi connectivity index (χ1) is 8.58. The van der Waals surface area contributed by atoms with Crippen LogP contribution < -0.4 is 0 Å². The highest BCUT2D eigenvalue weighted by Crippen LogP contribution is 2.22. The Bertz CT molecular complexity index is 458. The fraction of sp³-hybridized carbons (Fsp3) is 0.417. The van der Waals surface area contributed by atoms with E-state index in [1.807, 2.05) is 4.90 Å². The zero-order chi connectivity index (χ0) is 13.1. The molecule has 0 aromatic heterocycles. The first-order valence-corrected chi connectivity index (χ1v) is 7.51. The van der Waals surface area contributed by atoms with E-state index in [1.54, 1.807) is 23.9 Å². The van der Waals surface area contributed by atoms with Crippen LogP contribution in [0.4, 0.5) is 4.39 Å². The van der Waals surface area contributed by atoms with Gasteiger partial charge in [0.05, 0.1) is 4.47 Å². The smallest absolute Gasteiger partial charge is 0.321 e. The van der Waals surface area contributed by atoms with E-state index in [0.29, 0.717) is 16.8 Å². The second-order valence-corrected chi connectivity index (χ2v) is 6.15. The van der Waals surface area contributed by atoms with Crippen molar-refractivity contribution < 1.29 is 14.3 Å². The Kier molecular flexibility index (Phi) is 4.64. The summed E-state index contributed by atoms with van der Waals surface area (Å²) in [4.78, 5) is 13.1. The van der Waals surface area contributed by atoms with Crippen LogP contribution in [0.15, 0.2) is 22.7 Å². The van der Waals surface area contributed by atoms with Crippen LogP contribution in [0.3, 0.4) is 0 Å². The molecule has 1 atom stereocenters. The highest BCUT2D eigenvalue weighted by Gasteiger charge is 2.28. The summed E-state index contributed by atoms with van der Waals surface area (Å²) in [5.41, 5.74) is 0.918. The fourth-order valence-corrected chi connectivity index (χ4v) is 3.46. The molecule has 18 heavy (non-hydrogen) atoms. The largest absolute Gasteiger partial charge is 0.480 e. The van der Waals surface area contributed by atoms with Gasteiger partial charge < -0.3 is 5.11 Å². The molecule has 3 nitrogen and oxygen atoms in total. The zero-order valence-electron chi connectivity index (χ0n) is 9.60. The Labute approximate surface area is 117 Å².